The first-order valence-electron chi connectivity index (χ1n) is 7.09. The summed E-state index contributed by atoms with van der Waals surface area (Å²) in [6.45, 7) is 0.621. The Kier molecular flexibility index (Phi) is 6.77. The van der Waals surface area contributed by atoms with Crippen molar-refractivity contribution in [1.82, 2.24) is 15.3 Å². The molecule has 0 unspecified atom stereocenters. The summed E-state index contributed by atoms with van der Waals surface area (Å²) in [4.78, 5) is 45.3. The zero-order chi connectivity index (χ0) is 16.7. The molecule has 0 aromatic rings. The number of hydrogen-bond donors (Lipinski definition) is 2. The van der Waals surface area contributed by atoms with Gasteiger partial charge in [0.2, 0.25) is 0 Å². The molecule has 22 heavy (non-hydrogen) atoms. The van der Waals surface area contributed by atoms with E-state index in [0.29, 0.717) is 30.4 Å². The quantitative estimate of drug-likeness (QED) is 0.346. The summed E-state index contributed by atoms with van der Waals surface area (Å²) < 4.78 is 0. The minimum Gasteiger partial charge on any atom is -0.370 e. The van der Waals surface area contributed by atoms with Crippen LogP contribution < -0.4 is 11.1 Å². The van der Waals surface area contributed by atoms with E-state index >= 15 is 0 Å². The van der Waals surface area contributed by atoms with Gasteiger partial charge in [0.05, 0.1) is 0 Å². The molecule has 2 amide bonds. The second-order valence-electron chi connectivity index (χ2n) is 4.98. The number of carbonyl (C=O) groups excluding carboxylic acids is 3. The van der Waals surface area contributed by atoms with Gasteiger partial charge in [0.1, 0.15) is 6.04 Å². The lowest BCUT2D eigenvalue weighted by Gasteiger charge is -2.21. The summed E-state index contributed by atoms with van der Waals surface area (Å²) in [6.07, 6.45) is 1.30. The molecule has 1 saturated heterocycles. The van der Waals surface area contributed by atoms with Gasteiger partial charge in [0.25, 0.3) is 11.8 Å². The van der Waals surface area contributed by atoms with E-state index in [2.05, 4.69) is 10.3 Å². The number of hydroxylamine groups is 2. The van der Waals surface area contributed by atoms with Crippen LogP contribution >= 0.6 is 0 Å². The van der Waals surface area contributed by atoms with Crippen molar-refractivity contribution < 1.29 is 19.2 Å². The summed E-state index contributed by atoms with van der Waals surface area (Å²) in [5.41, 5.74) is 5.65. The number of nitrogens with zero attached hydrogens (tertiary/aromatic N) is 3. The Labute approximate surface area is 129 Å². The second kappa shape index (κ2) is 8.32. The average molecular weight is 313 g/mol. The predicted octanol–water partition coefficient (Wildman–Crippen LogP) is -1.16. The highest BCUT2D eigenvalue weighted by Gasteiger charge is 2.34. The molecular formula is C13H23N5O4. The molecule has 124 valence electrons. The van der Waals surface area contributed by atoms with Gasteiger partial charge >= 0.3 is 5.97 Å². The molecule has 0 aromatic heterocycles. The highest BCUT2D eigenvalue weighted by molar-refractivity contribution is 6.01. The third kappa shape index (κ3) is 4.69. The van der Waals surface area contributed by atoms with Crippen LogP contribution in [-0.2, 0) is 19.2 Å². The highest BCUT2D eigenvalue weighted by atomic mass is 16.7. The fourth-order valence-electron chi connectivity index (χ4n) is 2.01. The molecule has 9 nitrogen and oxygen atoms in total. The van der Waals surface area contributed by atoms with Gasteiger partial charge in [0, 0.05) is 33.5 Å². The van der Waals surface area contributed by atoms with Gasteiger partial charge in [-0.1, -0.05) is 0 Å². The molecule has 0 aliphatic carbocycles. The predicted molar refractivity (Wildman–Crippen MR) is 79.4 cm³/mol. The van der Waals surface area contributed by atoms with Crippen LogP contribution in [0.5, 0.6) is 0 Å². The number of amides is 2. The number of carbonyl (C=O) groups is 3. The Morgan fingerprint density at radius 1 is 1.45 bits per heavy atom. The minimum atomic E-state index is -0.647. The van der Waals surface area contributed by atoms with Gasteiger partial charge in [0.15, 0.2) is 5.96 Å². The molecule has 1 aliphatic rings. The third-order valence-electron chi connectivity index (χ3n) is 3.43. The van der Waals surface area contributed by atoms with Crippen molar-refractivity contribution >= 4 is 23.7 Å². The van der Waals surface area contributed by atoms with E-state index in [1.54, 1.807) is 26.0 Å². The van der Waals surface area contributed by atoms with Crippen LogP contribution in [0.4, 0.5) is 0 Å². The molecule has 0 bridgehead atoms. The Morgan fingerprint density at radius 3 is 2.55 bits per heavy atom. The van der Waals surface area contributed by atoms with E-state index in [9.17, 15) is 14.4 Å². The first-order valence-corrected chi connectivity index (χ1v) is 7.09. The standard InChI is InChI=1S/C13H23N5O4/c1-15-9(5-4-8-17(3)13(14)16-2)12(21)22-18-10(19)6-7-11(18)20/h9,15H,4-8H2,1-3H3,(H2,14,16)/t9-/m1/s1. The zero-order valence-electron chi connectivity index (χ0n) is 13.2. The molecule has 0 radical (unpaired) electrons. The fourth-order valence-corrected chi connectivity index (χ4v) is 2.01. The van der Waals surface area contributed by atoms with E-state index in [4.69, 9.17) is 10.6 Å². The Bertz CT molecular complexity index is 449. The summed E-state index contributed by atoms with van der Waals surface area (Å²) in [6, 6.07) is -0.602. The SMILES string of the molecule is CN=C(N)N(C)CCC[C@@H](NC)C(=O)ON1C(=O)CCC1=O. The number of nitrogens with two attached hydrogens (primary N) is 1. The molecule has 1 atom stereocenters. The maximum atomic E-state index is 12.0. The molecule has 0 aromatic carbocycles. The van der Waals surface area contributed by atoms with Gasteiger partial charge in [-0.2, -0.15) is 0 Å². The van der Waals surface area contributed by atoms with Crippen molar-refractivity contribution in [1.29, 1.82) is 0 Å². The van der Waals surface area contributed by atoms with E-state index in [-0.39, 0.29) is 12.8 Å². The second-order valence-corrected chi connectivity index (χ2v) is 4.98. The normalized spacial score (nSPS) is 16.9. The topological polar surface area (TPSA) is 117 Å². The summed E-state index contributed by atoms with van der Waals surface area (Å²) in [5.74, 6) is -1.21. The van der Waals surface area contributed by atoms with E-state index in [1.165, 1.54) is 0 Å². The van der Waals surface area contributed by atoms with Gasteiger partial charge in [-0.15, -0.1) is 5.06 Å². The largest absolute Gasteiger partial charge is 0.370 e. The van der Waals surface area contributed by atoms with Crippen LogP contribution in [0.3, 0.4) is 0 Å². The number of rotatable bonds is 7. The van der Waals surface area contributed by atoms with Crippen molar-refractivity contribution in [2.24, 2.45) is 10.7 Å². The third-order valence-corrected chi connectivity index (χ3v) is 3.43. The van der Waals surface area contributed by atoms with Crippen molar-refractivity contribution in [3.8, 4) is 0 Å². The van der Waals surface area contributed by atoms with E-state index in [0.717, 1.165) is 0 Å². The molecule has 1 fully saturated rings. The van der Waals surface area contributed by atoms with Gasteiger partial charge in [-0.3, -0.25) is 14.6 Å². The van der Waals surface area contributed by atoms with Crippen LogP contribution in [0.25, 0.3) is 0 Å². The van der Waals surface area contributed by atoms with Crippen molar-refractivity contribution in [2.75, 3.05) is 27.7 Å². The smallest absolute Gasteiger partial charge is 0.349 e. The van der Waals surface area contributed by atoms with Crippen molar-refractivity contribution in [2.45, 2.75) is 31.7 Å². The molecule has 0 saturated carbocycles. The van der Waals surface area contributed by atoms with Gasteiger partial charge < -0.3 is 20.8 Å². The van der Waals surface area contributed by atoms with Crippen LogP contribution in [0.1, 0.15) is 25.7 Å². The van der Waals surface area contributed by atoms with Crippen LogP contribution in [0, 0.1) is 0 Å². The summed E-state index contributed by atoms with van der Waals surface area (Å²) >= 11 is 0. The van der Waals surface area contributed by atoms with Gasteiger partial charge in [-0.25, -0.2) is 4.79 Å². The number of nitrogens with one attached hydrogen (secondary N) is 1. The molecule has 9 heteroatoms. The summed E-state index contributed by atoms with van der Waals surface area (Å²) in [5, 5.41) is 3.37. The minimum absolute atomic E-state index is 0.0801. The Morgan fingerprint density at radius 2 is 2.05 bits per heavy atom. The van der Waals surface area contributed by atoms with Crippen LogP contribution in [0.2, 0.25) is 0 Å². The Hall–Kier alpha value is -2.16. The lowest BCUT2D eigenvalue weighted by atomic mass is 10.1. The number of guanidine groups is 1. The highest BCUT2D eigenvalue weighted by Crippen LogP contribution is 2.13. The van der Waals surface area contributed by atoms with Crippen LogP contribution in [0.15, 0.2) is 4.99 Å². The number of likely N-dealkylation sites (N-methyl/N-ethyl adjacent to an activating group) is 1. The maximum Gasteiger partial charge on any atom is 0.349 e. The zero-order valence-corrected chi connectivity index (χ0v) is 13.2. The molecule has 1 rings (SSSR count). The molecule has 3 N–H and O–H groups in total. The first-order chi connectivity index (χ1) is 10.4. The average Bonchev–Trinajstić information content (AvgIpc) is 2.82. The molecular weight excluding hydrogens is 290 g/mol. The molecule has 1 aliphatic heterocycles. The lowest BCUT2D eigenvalue weighted by molar-refractivity contribution is -0.199. The Balaban J connectivity index is 2.45. The maximum absolute atomic E-state index is 12.0. The van der Waals surface area contributed by atoms with Gasteiger partial charge in [-0.05, 0) is 19.9 Å². The van der Waals surface area contributed by atoms with E-state index in [1.807, 2.05) is 0 Å². The summed E-state index contributed by atoms with van der Waals surface area (Å²) in [7, 11) is 5.02. The molecule has 1 heterocycles. The number of imide groups is 1. The monoisotopic (exact) mass is 313 g/mol. The van der Waals surface area contributed by atoms with Crippen LogP contribution in [-0.4, -0.2) is 67.4 Å². The van der Waals surface area contributed by atoms with Crippen molar-refractivity contribution in [3.63, 3.8) is 0 Å². The molecule has 0 spiro atoms. The first kappa shape index (κ1) is 17.9. The number of hydrogen-bond acceptors (Lipinski definition) is 6. The number of aliphatic imine (C=N–C) groups is 1. The van der Waals surface area contributed by atoms with E-state index < -0.39 is 23.8 Å². The van der Waals surface area contributed by atoms with Crippen molar-refractivity contribution in [3.05, 3.63) is 0 Å². The lowest BCUT2D eigenvalue weighted by Crippen LogP contribution is -2.42. The fraction of sp³-hybridized carbons (Fsp3) is 0.692.